The Bertz CT molecular complexity index is 2500. The minimum absolute atomic E-state index is 0.551. The van der Waals surface area contributed by atoms with Crippen LogP contribution in [0.2, 0.25) is 0 Å². The van der Waals surface area contributed by atoms with Gasteiger partial charge in [-0.15, -0.1) is 0 Å². The van der Waals surface area contributed by atoms with Crippen molar-refractivity contribution in [3.8, 4) is 0 Å². The fraction of sp³-hybridized carbons (Fsp3) is 0.185. The molecular weight excluding hydrogens is 649 g/mol. The van der Waals surface area contributed by atoms with Crippen molar-refractivity contribution in [2.75, 3.05) is 0 Å². The van der Waals surface area contributed by atoms with Crippen LogP contribution in [0.5, 0.6) is 0 Å². The maximum Gasteiger partial charge on any atom is 0.0201 e. The first-order valence-electron chi connectivity index (χ1n) is 19.3. The zero-order valence-corrected chi connectivity index (χ0v) is 33.2. The lowest BCUT2D eigenvalue weighted by molar-refractivity contribution is 0.554. The molecule has 0 bridgehead atoms. The van der Waals surface area contributed by atoms with E-state index in [1.165, 1.54) is 99.1 Å². The molecule has 6 aromatic carbocycles. The average Bonchev–Trinajstić information content (AvgIpc) is 3.19. The molecule has 0 saturated carbocycles. The molecule has 4 aliphatic carbocycles. The summed E-state index contributed by atoms with van der Waals surface area (Å²) in [6.45, 7) is 17.4. The summed E-state index contributed by atoms with van der Waals surface area (Å²) in [6.07, 6.45) is 18.3. The Hall–Kier alpha value is -5.72. The summed E-state index contributed by atoms with van der Waals surface area (Å²) in [7, 11) is 0. The molecule has 0 heterocycles. The number of aryl methyl sites for hydroxylation is 6. The van der Waals surface area contributed by atoms with Gasteiger partial charge in [0.2, 0.25) is 0 Å². The van der Waals surface area contributed by atoms with Gasteiger partial charge in [0.15, 0.2) is 0 Å². The van der Waals surface area contributed by atoms with Crippen molar-refractivity contribution < 1.29 is 0 Å². The highest BCUT2D eigenvalue weighted by Gasteiger charge is 2.38. The van der Waals surface area contributed by atoms with Crippen LogP contribution in [-0.2, 0) is 0 Å². The third-order valence-corrected chi connectivity index (χ3v) is 11.6. The van der Waals surface area contributed by atoms with Crippen LogP contribution in [0, 0.1) is 53.4 Å². The second kappa shape index (κ2) is 15.7. The Morgan fingerprint density at radius 1 is 0.370 bits per heavy atom. The van der Waals surface area contributed by atoms with Gasteiger partial charge in [0.1, 0.15) is 0 Å². The fourth-order valence-corrected chi connectivity index (χ4v) is 8.52. The molecule has 0 radical (unpaired) electrons. The second-order valence-corrected chi connectivity index (χ2v) is 15.3. The van der Waals surface area contributed by atoms with E-state index in [9.17, 15) is 0 Å². The monoisotopic (exact) mass is 700 g/mol. The van der Waals surface area contributed by atoms with Crippen molar-refractivity contribution in [1.29, 1.82) is 0 Å². The molecule has 0 aliphatic heterocycles. The zero-order chi connectivity index (χ0) is 37.9. The van der Waals surface area contributed by atoms with Crippen LogP contribution >= 0.6 is 0 Å². The van der Waals surface area contributed by atoms with Gasteiger partial charge < -0.3 is 0 Å². The van der Waals surface area contributed by atoms with Crippen LogP contribution in [0.25, 0.3) is 32.3 Å². The van der Waals surface area contributed by atoms with Crippen LogP contribution in [0.4, 0.5) is 0 Å². The molecule has 10 rings (SSSR count). The second-order valence-electron chi connectivity index (χ2n) is 15.3. The van der Waals surface area contributed by atoms with E-state index in [1.807, 2.05) is 0 Å². The standard InChI is InChI=1S/C18H16.C16H14.C12H12.C8H10/c1-11-3-5-13-8-10-16-12(2)4-6-14-7-9-15(11)17(13)18(14)16;1-11-12(2)14-8-4-6-10-16(14)15-9-5-3-7-13(11)15;1-9-5-3-8-12-10(2)6-4-7-11(9)12;1-7-4-3-5-8(2)6-7/h3-10,17-18H,1-2H3;3-10H,1-2H3;3-8H,1-2H3;3-6H,1-2H3. The minimum atomic E-state index is 0.551. The molecule has 0 fully saturated rings. The third kappa shape index (κ3) is 7.27. The minimum Gasteiger partial charge on any atom is -0.0617 e. The third-order valence-electron chi connectivity index (χ3n) is 11.6. The first-order valence-corrected chi connectivity index (χ1v) is 19.3. The van der Waals surface area contributed by atoms with E-state index < -0.39 is 0 Å². The molecule has 268 valence electrons. The lowest BCUT2D eigenvalue weighted by atomic mass is 9.62. The van der Waals surface area contributed by atoms with Gasteiger partial charge in [0, 0.05) is 11.8 Å². The Morgan fingerprint density at radius 2 is 0.833 bits per heavy atom. The van der Waals surface area contributed by atoms with Gasteiger partial charge in [-0.1, -0.05) is 169 Å². The molecule has 2 unspecified atom stereocenters. The van der Waals surface area contributed by atoms with Crippen LogP contribution < -0.4 is 0 Å². The van der Waals surface area contributed by atoms with E-state index in [-0.39, 0.29) is 0 Å². The zero-order valence-electron chi connectivity index (χ0n) is 33.2. The van der Waals surface area contributed by atoms with Crippen LogP contribution in [0.15, 0.2) is 191 Å². The Labute approximate surface area is 323 Å². The molecule has 0 aromatic heterocycles. The molecule has 0 spiro atoms. The summed E-state index contributed by atoms with van der Waals surface area (Å²) in [5.74, 6) is 1.10. The molecule has 2 atom stereocenters. The predicted molar refractivity (Wildman–Crippen MR) is 236 cm³/mol. The normalized spacial score (nSPS) is 17.5. The van der Waals surface area contributed by atoms with Crippen molar-refractivity contribution in [2.45, 2.75) is 55.4 Å². The number of hydrogen-bond donors (Lipinski definition) is 0. The summed E-state index contributed by atoms with van der Waals surface area (Å²) in [5.41, 5.74) is 17.0. The van der Waals surface area contributed by atoms with Crippen molar-refractivity contribution in [3.05, 3.63) is 225 Å². The molecule has 4 aliphatic rings. The van der Waals surface area contributed by atoms with Crippen LogP contribution in [0.1, 0.15) is 47.2 Å². The van der Waals surface area contributed by atoms with Gasteiger partial charge in [-0.25, -0.2) is 0 Å². The summed E-state index contributed by atoms with van der Waals surface area (Å²) in [4.78, 5) is 0. The lowest BCUT2D eigenvalue weighted by Gasteiger charge is -2.41. The molecular formula is C54H52. The van der Waals surface area contributed by atoms with E-state index in [0.717, 1.165) is 0 Å². The van der Waals surface area contributed by atoms with E-state index in [2.05, 4.69) is 213 Å². The summed E-state index contributed by atoms with van der Waals surface area (Å²) < 4.78 is 0. The molecule has 0 saturated heterocycles. The van der Waals surface area contributed by atoms with Crippen molar-refractivity contribution >= 4 is 32.3 Å². The van der Waals surface area contributed by atoms with Crippen molar-refractivity contribution in [1.82, 2.24) is 0 Å². The SMILES string of the molecule is CC1=CC=C2C=CC3=C(C)C=CC4=CC=C1C2C43.Cc1c(C)c2ccccc2c2ccccc12.Cc1cccc(C)c1.Cc1cccc2c(C)cccc12. The Kier molecular flexibility index (Phi) is 10.7. The topological polar surface area (TPSA) is 0 Å². The number of fused-ring (bicyclic) bond motifs is 4. The lowest BCUT2D eigenvalue weighted by Crippen LogP contribution is -2.30. The van der Waals surface area contributed by atoms with Crippen LogP contribution in [0.3, 0.4) is 0 Å². The summed E-state index contributed by atoms with van der Waals surface area (Å²) in [6, 6.07) is 38.7. The largest absolute Gasteiger partial charge is 0.0617 e. The first-order chi connectivity index (χ1) is 26.1. The van der Waals surface area contributed by atoms with E-state index in [0.29, 0.717) is 11.8 Å². The summed E-state index contributed by atoms with van der Waals surface area (Å²) in [5, 5.41) is 8.22. The number of rotatable bonds is 0. The van der Waals surface area contributed by atoms with E-state index in [1.54, 1.807) is 0 Å². The first kappa shape index (κ1) is 36.6. The van der Waals surface area contributed by atoms with Gasteiger partial charge in [0.25, 0.3) is 0 Å². The Morgan fingerprint density at radius 3 is 1.37 bits per heavy atom. The van der Waals surface area contributed by atoms with Gasteiger partial charge in [0.05, 0.1) is 0 Å². The summed E-state index contributed by atoms with van der Waals surface area (Å²) >= 11 is 0. The Balaban J connectivity index is 0.000000116. The quantitative estimate of drug-likeness (QED) is 0.138. The molecule has 0 nitrogen and oxygen atoms in total. The maximum absolute atomic E-state index is 2.32. The van der Waals surface area contributed by atoms with E-state index >= 15 is 0 Å². The number of hydrogen-bond acceptors (Lipinski definition) is 0. The van der Waals surface area contributed by atoms with Gasteiger partial charge >= 0.3 is 0 Å². The highest BCUT2D eigenvalue weighted by Crippen LogP contribution is 2.50. The average molecular weight is 701 g/mol. The fourth-order valence-electron chi connectivity index (χ4n) is 8.52. The number of benzene rings is 6. The van der Waals surface area contributed by atoms with Gasteiger partial charge in [-0.2, -0.15) is 0 Å². The molecule has 0 amide bonds. The van der Waals surface area contributed by atoms with Crippen LogP contribution in [-0.4, -0.2) is 0 Å². The highest BCUT2D eigenvalue weighted by molar-refractivity contribution is 6.10. The predicted octanol–water partition coefficient (Wildman–Crippen LogP) is 14.8. The van der Waals surface area contributed by atoms with Gasteiger partial charge in [-0.05, 0) is 143 Å². The van der Waals surface area contributed by atoms with Crippen molar-refractivity contribution in [3.63, 3.8) is 0 Å². The van der Waals surface area contributed by atoms with E-state index in [4.69, 9.17) is 0 Å². The maximum atomic E-state index is 2.32. The molecule has 0 N–H and O–H groups in total. The number of allylic oxidation sites excluding steroid dienone is 14. The smallest absolute Gasteiger partial charge is 0.0201 e. The molecule has 54 heavy (non-hydrogen) atoms. The molecule has 6 aromatic rings. The molecule has 0 heteroatoms. The highest BCUT2D eigenvalue weighted by atomic mass is 14.4. The van der Waals surface area contributed by atoms with Crippen molar-refractivity contribution in [2.24, 2.45) is 11.8 Å². The van der Waals surface area contributed by atoms with Gasteiger partial charge in [-0.3, -0.25) is 0 Å².